The van der Waals surface area contributed by atoms with Crippen molar-refractivity contribution in [3.63, 3.8) is 0 Å². The summed E-state index contributed by atoms with van der Waals surface area (Å²) in [6.07, 6.45) is 2.04. The number of halogens is 1. The summed E-state index contributed by atoms with van der Waals surface area (Å²) in [6, 6.07) is 13.4. The molecule has 0 saturated heterocycles. The molecule has 0 atom stereocenters. The Kier molecular flexibility index (Phi) is 5.28. The van der Waals surface area contributed by atoms with E-state index in [1.54, 1.807) is 30.3 Å². The van der Waals surface area contributed by atoms with E-state index in [0.717, 1.165) is 18.4 Å². The van der Waals surface area contributed by atoms with Gasteiger partial charge in [-0.15, -0.1) is 0 Å². The Hall–Kier alpha value is -2.89. The fraction of sp³-hybridized carbons (Fsp3) is 0.263. The first-order valence-electron chi connectivity index (χ1n) is 8.27. The van der Waals surface area contributed by atoms with Gasteiger partial charge in [-0.2, -0.15) is 0 Å². The summed E-state index contributed by atoms with van der Waals surface area (Å²) in [5.74, 6) is -0.642. The van der Waals surface area contributed by atoms with Crippen LogP contribution in [0.3, 0.4) is 0 Å². The van der Waals surface area contributed by atoms with Crippen molar-refractivity contribution in [1.82, 2.24) is 10.6 Å². The van der Waals surface area contributed by atoms with Crippen LogP contribution in [-0.4, -0.2) is 24.4 Å². The van der Waals surface area contributed by atoms with Crippen molar-refractivity contribution in [2.75, 3.05) is 11.9 Å². The van der Waals surface area contributed by atoms with Gasteiger partial charge in [-0.25, -0.2) is 4.39 Å². The van der Waals surface area contributed by atoms with Crippen molar-refractivity contribution in [3.8, 4) is 0 Å². The van der Waals surface area contributed by atoms with Crippen LogP contribution >= 0.6 is 0 Å². The number of benzene rings is 2. The zero-order valence-corrected chi connectivity index (χ0v) is 13.7. The maximum Gasteiger partial charge on any atom is 0.253 e. The Balaban J connectivity index is 1.51. The molecule has 0 aromatic heterocycles. The zero-order valence-electron chi connectivity index (χ0n) is 13.7. The first-order chi connectivity index (χ1) is 12.1. The van der Waals surface area contributed by atoms with Gasteiger partial charge in [0.2, 0.25) is 5.91 Å². The van der Waals surface area contributed by atoms with Crippen LogP contribution in [-0.2, 0) is 11.3 Å². The second-order valence-electron chi connectivity index (χ2n) is 6.05. The lowest BCUT2D eigenvalue weighted by Gasteiger charge is -2.12. The van der Waals surface area contributed by atoms with Crippen molar-refractivity contribution < 1.29 is 14.0 Å². The first kappa shape index (κ1) is 17.0. The zero-order chi connectivity index (χ0) is 17.6. The molecule has 3 N–H and O–H groups in total. The molecule has 6 heteroatoms. The Morgan fingerprint density at radius 2 is 1.76 bits per heavy atom. The minimum absolute atomic E-state index is 0.0505. The minimum Gasteiger partial charge on any atom is -0.376 e. The summed E-state index contributed by atoms with van der Waals surface area (Å²) in [5, 5.41) is 8.69. The summed E-state index contributed by atoms with van der Waals surface area (Å²) < 4.78 is 12.9. The summed E-state index contributed by atoms with van der Waals surface area (Å²) in [7, 11) is 0. The molecule has 3 rings (SSSR count). The summed E-state index contributed by atoms with van der Waals surface area (Å²) >= 11 is 0. The third-order valence-electron chi connectivity index (χ3n) is 3.93. The lowest BCUT2D eigenvalue weighted by atomic mass is 10.1. The molecule has 0 spiro atoms. The van der Waals surface area contributed by atoms with Gasteiger partial charge in [-0.1, -0.05) is 24.3 Å². The van der Waals surface area contributed by atoms with Crippen LogP contribution in [0.2, 0.25) is 0 Å². The summed E-state index contributed by atoms with van der Waals surface area (Å²) in [4.78, 5) is 24.2. The van der Waals surface area contributed by atoms with E-state index in [0.29, 0.717) is 17.8 Å². The topological polar surface area (TPSA) is 70.2 Å². The molecular weight excluding hydrogens is 321 g/mol. The van der Waals surface area contributed by atoms with Gasteiger partial charge in [0.05, 0.1) is 12.1 Å². The van der Waals surface area contributed by atoms with Crippen molar-refractivity contribution in [1.29, 1.82) is 0 Å². The molecular formula is C19H20FN3O2. The Morgan fingerprint density at radius 3 is 2.48 bits per heavy atom. The SMILES string of the molecule is O=C(CNc1ccccc1C(=O)NC1CC1)NCc1ccc(F)cc1. The molecule has 0 unspecified atom stereocenters. The van der Waals surface area contributed by atoms with Crippen LogP contribution in [0.25, 0.3) is 0 Å². The van der Waals surface area contributed by atoms with Crippen LogP contribution in [0, 0.1) is 5.82 Å². The summed E-state index contributed by atoms with van der Waals surface area (Å²) in [6.45, 7) is 0.375. The molecule has 5 nitrogen and oxygen atoms in total. The van der Waals surface area contributed by atoms with Crippen molar-refractivity contribution >= 4 is 17.5 Å². The molecule has 0 aliphatic heterocycles. The van der Waals surface area contributed by atoms with Crippen molar-refractivity contribution in [2.45, 2.75) is 25.4 Å². The van der Waals surface area contributed by atoms with E-state index in [9.17, 15) is 14.0 Å². The third-order valence-corrected chi connectivity index (χ3v) is 3.93. The maximum atomic E-state index is 12.9. The van der Waals surface area contributed by atoms with Crippen LogP contribution in [0.5, 0.6) is 0 Å². The number of hydrogen-bond donors (Lipinski definition) is 3. The van der Waals surface area contributed by atoms with E-state index in [4.69, 9.17) is 0 Å². The molecule has 1 saturated carbocycles. The van der Waals surface area contributed by atoms with Crippen LogP contribution < -0.4 is 16.0 Å². The number of carbonyl (C=O) groups is 2. The van der Waals surface area contributed by atoms with Gasteiger partial charge in [0.25, 0.3) is 5.91 Å². The van der Waals surface area contributed by atoms with Gasteiger partial charge in [-0.05, 0) is 42.7 Å². The number of rotatable bonds is 7. The van der Waals surface area contributed by atoms with Gasteiger partial charge in [0.1, 0.15) is 5.82 Å². The molecule has 0 radical (unpaired) electrons. The number of anilines is 1. The Labute approximate surface area is 145 Å². The number of carbonyl (C=O) groups excluding carboxylic acids is 2. The fourth-order valence-electron chi connectivity index (χ4n) is 2.37. The molecule has 25 heavy (non-hydrogen) atoms. The van der Waals surface area contributed by atoms with Crippen LogP contribution in [0.15, 0.2) is 48.5 Å². The predicted molar refractivity (Wildman–Crippen MR) is 93.7 cm³/mol. The number of nitrogens with one attached hydrogen (secondary N) is 3. The van der Waals surface area contributed by atoms with Gasteiger partial charge >= 0.3 is 0 Å². The highest BCUT2D eigenvalue weighted by Crippen LogP contribution is 2.21. The van der Waals surface area contributed by atoms with Gasteiger partial charge in [-0.3, -0.25) is 9.59 Å². The number of para-hydroxylation sites is 1. The molecule has 2 amide bonds. The molecule has 130 valence electrons. The Morgan fingerprint density at radius 1 is 1.04 bits per heavy atom. The lowest BCUT2D eigenvalue weighted by Crippen LogP contribution is -2.30. The smallest absolute Gasteiger partial charge is 0.253 e. The molecule has 1 aliphatic carbocycles. The van der Waals surface area contributed by atoms with E-state index in [1.165, 1.54) is 12.1 Å². The lowest BCUT2D eigenvalue weighted by molar-refractivity contribution is -0.119. The summed E-state index contributed by atoms with van der Waals surface area (Å²) in [5.41, 5.74) is 1.97. The predicted octanol–water partition coefficient (Wildman–Crippen LogP) is 2.45. The van der Waals surface area contributed by atoms with E-state index < -0.39 is 0 Å². The standard InChI is InChI=1S/C19H20FN3O2/c20-14-7-5-13(6-8-14)11-22-18(24)12-21-17-4-2-1-3-16(17)19(25)23-15-9-10-15/h1-8,15,21H,9-12H2,(H,22,24)(H,23,25). The average molecular weight is 341 g/mol. The molecule has 1 aliphatic rings. The van der Waals surface area contributed by atoms with Crippen LogP contribution in [0.1, 0.15) is 28.8 Å². The Bertz CT molecular complexity index is 758. The first-order valence-corrected chi connectivity index (χ1v) is 8.27. The molecule has 1 fully saturated rings. The van der Waals surface area contributed by atoms with Gasteiger partial charge in [0, 0.05) is 18.3 Å². The van der Waals surface area contributed by atoms with Gasteiger partial charge < -0.3 is 16.0 Å². The third kappa shape index (κ3) is 5.04. The molecule has 2 aromatic rings. The van der Waals surface area contributed by atoms with Crippen LogP contribution in [0.4, 0.5) is 10.1 Å². The minimum atomic E-state index is -0.308. The van der Waals surface area contributed by atoms with Crippen molar-refractivity contribution in [2.24, 2.45) is 0 Å². The second kappa shape index (κ2) is 7.79. The highest BCUT2D eigenvalue weighted by Gasteiger charge is 2.24. The van der Waals surface area contributed by atoms with E-state index >= 15 is 0 Å². The largest absolute Gasteiger partial charge is 0.376 e. The second-order valence-corrected chi connectivity index (χ2v) is 6.05. The highest BCUT2D eigenvalue weighted by atomic mass is 19.1. The van der Waals surface area contributed by atoms with E-state index in [-0.39, 0.29) is 30.2 Å². The monoisotopic (exact) mass is 341 g/mol. The van der Waals surface area contributed by atoms with E-state index in [1.807, 2.05) is 6.07 Å². The quantitative estimate of drug-likeness (QED) is 0.724. The maximum absolute atomic E-state index is 12.9. The average Bonchev–Trinajstić information content (AvgIpc) is 3.43. The number of hydrogen-bond acceptors (Lipinski definition) is 3. The molecule has 0 heterocycles. The van der Waals surface area contributed by atoms with Crippen molar-refractivity contribution in [3.05, 3.63) is 65.5 Å². The normalized spacial score (nSPS) is 13.2. The highest BCUT2D eigenvalue weighted by molar-refractivity contribution is 6.00. The fourth-order valence-corrected chi connectivity index (χ4v) is 2.37. The van der Waals surface area contributed by atoms with E-state index in [2.05, 4.69) is 16.0 Å². The van der Waals surface area contributed by atoms with Gasteiger partial charge in [0.15, 0.2) is 0 Å². The molecule has 0 bridgehead atoms. The molecule has 2 aromatic carbocycles. The number of amides is 2.